The molecule has 3 aromatic rings. The molecule has 1 aromatic heterocycles. The first-order valence-electron chi connectivity index (χ1n) is 19.2. The minimum Gasteiger partial charge on any atom is -0.289 e. The van der Waals surface area contributed by atoms with Gasteiger partial charge in [0.1, 0.15) is 11.4 Å². The van der Waals surface area contributed by atoms with E-state index in [1.807, 2.05) is 120 Å². The summed E-state index contributed by atoms with van der Waals surface area (Å²) in [6, 6.07) is 15.3. The van der Waals surface area contributed by atoms with Gasteiger partial charge in [-0.1, -0.05) is 83.1 Å². The summed E-state index contributed by atoms with van der Waals surface area (Å²) >= 11 is 1.37. The lowest BCUT2D eigenvalue weighted by Gasteiger charge is -2.31. The quantitative estimate of drug-likeness (QED) is 0.124. The number of hydrogen-bond donors (Lipinski definition) is 0. The fourth-order valence-corrected chi connectivity index (χ4v) is 7.37. The van der Waals surface area contributed by atoms with Crippen LogP contribution in [0.3, 0.4) is 0 Å². The number of carbonyl (C=O) groups is 2. The molecule has 59 heavy (non-hydrogen) atoms. The fourth-order valence-electron chi connectivity index (χ4n) is 6.35. The number of nitro groups is 2. The standard InChI is InChI=1S/C46H50N6O6S/c1-43(2,3)33-23-27(24-34(41(33)53)44(4,5)6)39(49-47-29-13-17-31(18-14-29)51(55)56)37-21-22-38(59-37)40(50-48-30-15-19-32(20-16-30)52(57)58)28-25-35(45(7,8)9)42(54)36(26-28)46(10,11)12/h13-26H,1-12H3/b49-47+,50-48+. The number of Topliss-reactive ketones (excluding diaryl/α,β-unsaturated/α-hetero) is 2. The molecule has 0 unspecified atom stereocenters. The first kappa shape index (κ1) is 44.0. The van der Waals surface area contributed by atoms with Crippen LogP contribution in [0.25, 0.3) is 11.4 Å². The van der Waals surface area contributed by atoms with Crippen LogP contribution in [0.15, 0.2) is 139 Å². The second-order valence-corrected chi connectivity index (χ2v) is 19.7. The van der Waals surface area contributed by atoms with Gasteiger partial charge in [0.2, 0.25) is 0 Å². The highest BCUT2D eigenvalue weighted by Gasteiger charge is 2.36. The van der Waals surface area contributed by atoms with Crippen LogP contribution in [0.5, 0.6) is 0 Å². The van der Waals surface area contributed by atoms with Crippen LogP contribution in [0.1, 0.15) is 92.8 Å². The fraction of sp³-hybridized carbons (Fsp3) is 0.348. The summed E-state index contributed by atoms with van der Waals surface area (Å²) in [6.07, 6.45) is 7.44. The van der Waals surface area contributed by atoms with Gasteiger partial charge in [-0.3, -0.25) is 29.8 Å². The summed E-state index contributed by atoms with van der Waals surface area (Å²) in [5.41, 5.74) is 3.33. The van der Waals surface area contributed by atoms with Crippen molar-refractivity contribution in [1.29, 1.82) is 0 Å². The zero-order valence-electron chi connectivity index (χ0n) is 35.6. The zero-order valence-corrected chi connectivity index (χ0v) is 36.4. The van der Waals surface area contributed by atoms with Gasteiger partial charge in [-0.05, 0) is 82.4 Å². The van der Waals surface area contributed by atoms with Crippen molar-refractivity contribution in [2.45, 2.75) is 83.1 Å². The Balaban J connectivity index is 1.81. The summed E-state index contributed by atoms with van der Waals surface area (Å²) < 4.78 is 0. The SMILES string of the molecule is CC(C)(C)C1=CC(=C(/N=N/c2ccc([N+](=O)[O-])cc2)c2ccc(C(/N=N/c3ccc([N+](=O)[O-])cc3)=C3C=C(C(C)(C)C)C(=O)C(C(C)(C)C)=C3)s2)C=C(C(C)(C)C)C1=O. The molecule has 0 amide bonds. The highest BCUT2D eigenvalue weighted by atomic mass is 32.1. The second kappa shape index (κ2) is 16.3. The molecule has 0 spiro atoms. The maximum Gasteiger partial charge on any atom is 0.269 e. The maximum absolute atomic E-state index is 14.0. The maximum atomic E-state index is 14.0. The molecule has 2 aromatic carbocycles. The minimum atomic E-state index is -0.503. The van der Waals surface area contributed by atoms with E-state index in [2.05, 4.69) is 10.2 Å². The van der Waals surface area contributed by atoms with E-state index in [1.54, 1.807) is 0 Å². The zero-order chi connectivity index (χ0) is 43.8. The normalized spacial score (nSPS) is 15.7. The molecule has 0 aliphatic heterocycles. The monoisotopic (exact) mass is 814 g/mol. The van der Waals surface area contributed by atoms with Crippen LogP contribution < -0.4 is 0 Å². The first-order valence-corrected chi connectivity index (χ1v) is 20.0. The van der Waals surface area contributed by atoms with Crippen LogP contribution in [0.4, 0.5) is 22.7 Å². The molecule has 13 heteroatoms. The third kappa shape index (κ3) is 10.1. The van der Waals surface area contributed by atoms with Crippen LogP contribution in [-0.4, -0.2) is 21.4 Å². The molecule has 0 saturated heterocycles. The van der Waals surface area contributed by atoms with Crippen LogP contribution >= 0.6 is 11.3 Å². The summed E-state index contributed by atoms with van der Waals surface area (Å²) in [6.45, 7) is 23.9. The third-order valence-electron chi connectivity index (χ3n) is 9.68. The summed E-state index contributed by atoms with van der Waals surface area (Å²) in [5, 5.41) is 41.3. The summed E-state index contributed by atoms with van der Waals surface area (Å²) in [5.74, 6) is -0.0821. The van der Waals surface area contributed by atoms with Gasteiger partial charge in [-0.15, -0.1) is 21.6 Å². The van der Waals surface area contributed by atoms with Gasteiger partial charge in [-0.2, -0.15) is 10.2 Å². The molecule has 306 valence electrons. The molecular formula is C46H50N6O6S. The van der Waals surface area contributed by atoms with Gasteiger partial charge in [0.05, 0.1) is 31.0 Å². The Kier molecular flexibility index (Phi) is 12.2. The smallest absolute Gasteiger partial charge is 0.269 e. The van der Waals surface area contributed by atoms with Gasteiger partial charge in [-0.25, -0.2) is 0 Å². The Morgan fingerprint density at radius 2 is 0.746 bits per heavy atom. The number of ketones is 2. The number of benzene rings is 2. The third-order valence-corrected chi connectivity index (χ3v) is 10.8. The lowest BCUT2D eigenvalue weighted by molar-refractivity contribution is -0.385. The summed E-state index contributed by atoms with van der Waals surface area (Å²) in [7, 11) is 0. The van der Waals surface area contributed by atoms with Crippen molar-refractivity contribution in [3.63, 3.8) is 0 Å². The number of rotatable bonds is 8. The van der Waals surface area contributed by atoms with Crippen molar-refractivity contribution in [2.24, 2.45) is 42.1 Å². The van der Waals surface area contributed by atoms with Gasteiger partial charge in [0.15, 0.2) is 11.6 Å². The molecule has 2 aliphatic rings. The first-order chi connectivity index (χ1) is 27.3. The van der Waals surface area contributed by atoms with Crippen molar-refractivity contribution in [2.75, 3.05) is 0 Å². The minimum absolute atomic E-state index is 0.0410. The van der Waals surface area contributed by atoms with E-state index in [0.29, 0.717) is 66.0 Å². The largest absolute Gasteiger partial charge is 0.289 e. The van der Waals surface area contributed by atoms with Gasteiger partial charge >= 0.3 is 0 Å². The number of azo groups is 2. The van der Waals surface area contributed by atoms with Gasteiger partial charge in [0.25, 0.3) is 11.4 Å². The number of hydrogen-bond acceptors (Lipinski definition) is 11. The number of carbonyl (C=O) groups excluding carboxylic acids is 2. The second-order valence-electron chi connectivity index (χ2n) is 18.6. The van der Waals surface area contributed by atoms with E-state index < -0.39 is 31.5 Å². The average Bonchev–Trinajstić information content (AvgIpc) is 3.60. The molecule has 12 nitrogen and oxygen atoms in total. The topological polar surface area (TPSA) is 170 Å². The molecule has 0 radical (unpaired) electrons. The number of nitrogens with zero attached hydrogens (tertiary/aromatic N) is 6. The van der Waals surface area contributed by atoms with Gasteiger partial charge < -0.3 is 0 Å². The highest BCUT2D eigenvalue weighted by Crippen LogP contribution is 2.45. The van der Waals surface area contributed by atoms with Crippen LogP contribution in [0, 0.1) is 41.9 Å². The molecule has 0 atom stereocenters. The van der Waals surface area contributed by atoms with E-state index in [9.17, 15) is 29.8 Å². The Morgan fingerprint density at radius 1 is 0.475 bits per heavy atom. The predicted molar refractivity (Wildman–Crippen MR) is 234 cm³/mol. The molecule has 1 heterocycles. The Bertz CT molecular complexity index is 2240. The van der Waals surface area contributed by atoms with Crippen LogP contribution in [-0.2, 0) is 9.59 Å². The average molecular weight is 815 g/mol. The molecule has 0 saturated carbocycles. The van der Waals surface area contributed by atoms with E-state index in [0.717, 1.165) is 0 Å². The van der Waals surface area contributed by atoms with Crippen molar-refractivity contribution >= 4 is 57.0 Å². The molecule has 5 rings (SSSR count). The predicted octanol–water partition coefficient (Wildman–Crippen LogP) is 13.6. The Hall–Kier alpha value is -6.08. The van der Waals surface area contributed by atoms with E-state index in [1.165, 1.54) is 59.9 Å². The van der Waals surface area contributed by atoms with Crippen molar-refractivity contribution in [1.82, 2.24) is 0 Å². The number of non-ortho nitro benzene ring substituents is 2. The summed E-state index contributed by atoms with van der Waals surface area (Å²) in [4.78, 5) is 51.0. The van der Waals surface area contributed by atoms with E-state index in [-0.39, 0.29) is 22.9 Å². The number of nitro benzene ring substituents is 2. The molecule has 0 N–H and O–H groups in total. The number of thiophene rings is 1. The number of allylic oxidation sites excluding steroid dienone is 10. The van der Waals surface area contributed by atoms with Crippen molar-refractivity contribution < 1.29 is 19.4 Å². The molecule has 2 aliphatic carbocycles. The Labute approximate surface area is 349 Å². The van der Waals surface area contributed by atoms with Crippen LogP contribution in [0.2, 0.25) is 0 Å². The molecule has 0 fully saturated rings. The molecular weight excluding hydrogens is 765 g/mol. The van der Waals surface area contributed by atoms with Crippen molar-refractivity contribution in [3.05, 3.63) is 148 Å². The lowest BCUT2D eigenvalue weighted by atomic mass is 9.71. The lowest BCUT2D eigenvalue weighted by Crippen LogP contribution is -2.28. The van der Waals surface area contributed by atoms with Gasteiger partial charge in [0, 0.05) is 57.7 Å². The highest BCUT2D eigenvalue weighted by molar-refractivity contribution is 7.14. The van der Waals surface area contributed by atoms with E-state index in [4.69, 9.17) is 10.2 Å². The van der Waals surface area contributed by atoms with Crippen molar-refractivity contribution in [3.8, 4) is 0 Å². The Morgan fingerprint density at radius 3 is 0.983 bits per heavy atom. The molecule has 0 bridgehead atoms. The van der Waals surface area contributed by atoms with E-state index >= 15 is 0 Å².